The Morgan fingerprint density at radius 2 is 2.06 bits per heavy atom. The van der Waals surface area contributed by atoms with Crippen molar-refractivity contribution in [2.75, 3.05) is 0 Å². The van der Waals surface area contributed by atoms with Crippen LogP contribution in [0.4, 0.5) is 0 Å². The van der Waals surface area contributed by atoms with Gasteiger partial charge in [0.25, 0.3) is 0 Å². The maximum Gasteiger partial charge on any atom is 0.107 e. The van der Waals surface area contributed by atoms with Crippen LogP contribution in [0.2, 0.25) is 0 Å². The van der Waals surface area contributed by atoms with Gasteiger partial charge in [-0.1, -0.05) is 26.0 Å². The minimum Gasteiger partial charge on any atom is -0.342 e. The van der Waals surface area contributed by atoms with Gasteiger partial charge in [-0.2, -0.15) is 0 Å². The molecule has 0 saturated heterocycles. The average molecular weight is 229 g/mol. The Kier molecular flexibility index (Phi) is 2.11. The van der Waals surface area contributed by atoms with Crippen LogP contribution in [0.1, 0.15) is 32.5 Å². The maximum absolute atomic E-state index is 6.32. The first-order chi connectivity index (χ1) is 8.00. The van der Waals surface area contributed by atoms with Gasteiger partial charge in [-0.15, -0.1) is 0 Å². The number of para-hydroxylation sites is 2. The highest BCUT2D eigenvalue weighted by atomic mass is 14.9. The Bertz CT molecular complexity index is 522. The Morgan fingerprint density at radius 3 is 2.71 bits per heavy atom. The van der Waals surface area contributed by atoms with E-state index in [1.807, 2.05) is 18.2 Å². The smallest absolute Gasteiger partial charge is 0.107 e. The number of nitrogens with one attached hydrogen (secondary N) is 1. The van der Waals surface area contributed by atoms with Crippen molar-refractivity contribution < 1.29 is 0 Å². The Balaban J connectivity index is 1.74. The number of H-pyrrole nitrogens is 1. The molecule has 0 amide bonds. The number of aromatic amines is 1. The van der Waals surface area contributed by atoms with Crippen LogP contribution in [-0.2, 0) is 6.42 Å². The minimum absolute atomic E-state index is 0.0198. The number of hydrogen-bond acceptors (Lipinski definition) is 2. The number of imidazole rings is 1. The summed E-state index contributed by atoms with van der Waals surface area (Å²) >= 11 is 0. The zero-order valence-corrected chi connectivity index (χ0v) is 10.5. The van der Waals surface area contributed by atoms with Crippen molar-refractivity contribution in [3.63, 3.8) is 0 Å². The third-order valence-corrected chi connectivity index (χ3v) is 4.23. The van der Waals surface area contributed by atoms with Crippen LogP contribution in [0, 0.1) is 5.41 Å². The fourth-order valence-electron chi connectivity index (χ4n) is 2.64. The van der Waals surface area contributed by atoms with Gasteiger partial charge in [-0.05, 0) is 30.4 Å². The summed E-state index contributed by atoms with van der Waals surface area (Å²) in [5, 5.41) is 0. The molecule has 0 aliphatic heterocycles. The molecular formula is C14H19N3. The quantitative estimate of drug-likeness (QED) is 0.850. The van der Waals surface area contributed by atoms with Crippen LogP contribution in [0.3, 0.4) is 0 Å². The zero-order valence-electron chi connectivity index (χ0n) is 10.5. The summed E-state index contributed by atoms with van der Waals surface area (Å²) in [6.45, 7) is 4.48. The summed E-state index contributed by atoms with van der Waals surface area (Å²) in [7, 11) is 0. The molecule has 1 unspecified atom stereocenters. The summed E-state index contributed by atoms with van der Waals surface area (Å²) in [6.07, 6.45) is 3.08. The zero-order chi connectivity index (χ0) is 12.1. The summed E-state index contributed by atoms with van der Waals surface area (Å²) in [4.78, 5) is 7.94. The fourth-order valence-corrected chi connectivity index (χ4v) is 2.64. The Morgan fingerprint density at radius 1 is 1.35 bits per heavy atom. The predicted molar refractivity (Wildman–Crippen MR) is 69.7 cm³/mol. The van der Waals surface area contributed by atoms with Crippen molar-refractivity contribution in [1.82, 2.24) is 9.97 Å². The molecule has 2 aromatic rings. The van der Waals surface area contributed by atoms with E-state index in [4.69, 9.17) is 5.73 Å². The third-order valence-electron chi connectivity index (χ3n) is 4.23. The normalized spacial score (nSPS) is 26.3. The summed E-state index contributed by atoms with van der Waals surface area (Å²) in [5.41, 5.74) is 8.81. The second-order valence-corrected chi connectivity index (χ2v) is 5.92. The van der Waals surface area contributed by atoms with Gasteiger partial charge in [0.15, 0.2) is 0 Å². The minimum atomic E-state index is 0.0198. The van der Waals surface area contributed by atoms with E-state index in [-0.39, 0.29) is 5.54 Å². The van der Waals surface area contributed by atoms with E-state index < -0.39 is 0 Å². The Labute approximate surface area is 101 Å². The van der Waals surface area contributed by atoms with Gasteiger partial charge in [0, 0.05) is 12.0 Å². The van der Waals surface area contributed by atoms with Crippen molar-refractivity contribution in [3.8, 4) is 0 Å². The number of aromatic nitrogens is 2. The molecule has 1 aromatic heterocycles. The number of rotatable bonds is 3. The average Bonchev–Trinajstić information content (AvgIpc) is 2.64. The molecule has 90 valence electrons. The molecule has 3 N–H and O–H groups in total. The standard InChI is InChI=1S/C14H19N3/c1-13(2)9-14(13,15)8-7-12-16-10-5-3-4-6-11(10)17-12/h3-6H,7-9,15H2,1-2H3,(H,16,17). The molecule has 17 heavy (non-hydrogen) atoms. The molecule has 0 bridgehead atoms. The van der Waals surface area contributed by atoms with Crippen molar-refractivity contribution >= 4 is 11.0 Å². The summed E-state index contributed by atoms with van der Waals surface area (Å²) in [6, 6.07) is 8.14. The van der Waals surface area contributed by atoms with Crippen LogP contribution >= 0.6 is 0 Å². The molecule has 3 heteroatoms. The highest BCUT2D eigenvalue weighted by Gasteiger charge is 2.57. The van der Waals surface area contributed by atoms with Crippen LogP contribution in [-0.4, -0.2) is 15.5 Å². The monoisotopic (exact) mass is 229 g/mol. The molecule has 1 fully saturated rings. The third kappa shape index (κ3) is 1.75. The molecule has 1 aliphatic rings. The first-order valence-electron chi connectivity index (χ1n) is 6.23. The van der Waals surface area contributed by atoms with Crippen molar-refractivity contribution in [1.29, 1.82) is 0 Å². The SMILES string of the molecule is CC1(C)CC1(N)CCc1nc2ccccc2[nH]1. The molecule has 1 saturated carbocycles. The van der Waals surface area contributed by atoms with Gasteiger partial charge in [0.1, 0.15) is 5.82 Å². The molecule has 3 nitrogen and oxygen atoms in total. The molecule has 1 aliphatic carbocycles. The first-order valence-corrected chi connectivity index (χ1v) is 6.23. The van der Waals surface area contributed by atoms with E-state index in [1.54, 1.807) is 0 Å². The predicted octanol–water partition coefficient (Wildman–Crippen LogP) is 2.62. The maximum atomic E-state index is 6.32. The molecule has 0 spiro atoms. The van der Waals surface area contributed by atoms with Gasteiger partial charge >= 0.3 is 0 Å². The van der Waals surface area contributed by atoms with Crippen LogP contribution < -0.4 is 5.73 Å². The van der Waals surface area contributed by atoms with E-state index in [2.05, 4.69) is 29.9 Å². The van der Waals surface area contributed by atoms with E-state index in [0.717, 1.165) is 36.1 Å². The second-order valence-electron chi connectivity index (χ2n) is 5.92. The largest absolute Gasteiger partial charge is 0.342 e. The lowest BCUT2D eigenvalue weighted by molar-refractivity contribution is 0.461. The van der Waals surface area contributed by atoms with Crippen molar-refractivity contribution in [2.24, 2.45) is 11.1 Å². The Hall–Kier alpha value is -1.35. The van der Waals surface area contributed by atoms with Gasteiger partial charge < -0.3 is 10.7 Å². The fraction of sp³-hybridized carbons (Fsp3) is 0.500. The van der Waals surface area contributed by atoms with Gasteiger partial charge in [-0.25, -0.2) is 4.98 Å². The van der Waals surface area contributed by atoms with Gasteiger partial charge in [0.05, 0.1) is 11.0 Å². The van der Waals surface area contributed by atoms with Crippen LogP contribution in [0.5, 0.6) is 0 Å². The molecule has 1 atom stereocenters. The van der Waals surface area contributed by atoms with Crippen LogP contribution in [0.15, 0.2) is 24.3 Å². The number of aryl methyl sites for hydroxylation is 1. The summed E-state index contributed by atoms with van der Waals surface area (Å²) < 4.78 is 0. The highest BCUT2D eigenvalue weighted by Crippen LogP contribution is 2.55. The number of fused-ring (bicyclic) bond motifs is 1. The topological polar surface area (TPSA) is 54.7 Å². The van der Waals surface area contributed by atoms with Crippen LogP contribution in [0.25, 0.3) is 11.0 Å². The van der Waals surface area contributed by atoms with Crippen molar-refractivity contribution in [3.05, 3.63) is 30.1 Å². The van der Waals surface area contributed by atoms with E-state index >= 15 is 0 Å². The summed E-state index contributed by atoms with van der Waals surface area (Å²) in [5.74, 6) is 1.05. The number of hydrogen-bond donors (Lipinski definition) is 2. The molecule has 0 radical (unpaired) electrons. The number of benzene rings is 1. The van der Waals surface area contributed by atoms with Crippen molar-refractivity contribution in [2.45, 2.75) is 38.6 Å². The number of nitrogens with two attached hydrogens (primary N) is 1. The van der Waals surface area contributed by atoms with E-state index in [0.29, 0.717) is 5.41 Å². The highest BCUT2D eigenvalue weighted by molar-refractivity contribution is 5.74. The number of nitrogens with zero attached hydrogens (tertiary/aromatic N) is 1. The van der Waals surface area contributed by atoms with E-state index in [9.17, 15) is 0 Å². The first kappa shape index (κ1) is 10.8. The van der Waals surface area contributed by atoms with Gasteiger partial charge in [-0.3, -0.25) is 0 Å². The molecule has 1 aromatic carbocycles. The molecule has 3 rings (SSSR count). The lowest BCUT2D eigenvalue weighted by Crippen LogP contribution is -2.28. The second kappa shape index (κ2) is 3.33. The van der Waals surface area contributed by atoms with E-state index in [1.165, 1.54) is 0 Å². The molecule has 1 heterocycles. The van der Waals surface area contributed by atoms with Gasteiger partial charge in [0.2, 0.25) is 0 Å². The molecular weight excluding hydrogens is 210 g/mol. The lowest BCUT2D eigenvalue weighted by atomic mass is 10.0. The lowest BCUT2D eigenvalue weighted by Gasteiger charge is -2.13.